The lowest BCUT2D eigenvalue weighted by atomic mass is 9.77. The zero-order valence-electron chi connectivity index (χ0n) is 10.2. The van der Waals surface area contributed by atoms with E-state index in [0.29, 0.717) is 13.0 Å². The van der Waals surface area contributed by atoms with Crippen LogP contribution in [0.5, 0.6) is 0 Å². The summed E-state index contributed by atoms with van der Waals surface area (Å²) in [6, 6.07) is 0. The molecule has 0 atom stereocenters. The maximum Gasteiger partial charge on any atom is 0.222 e. The van der Waals surface area contributed by atoms with E-state index in [1.165, 1.54) is 6.42 Å². The highest BCUT2D eigenvalue weighted by atomic mass is 16.5. The third kappa shape index (κ3) is 2.38. The van der Waals surface area contributed by atoms with E-state index < -0.39 is 0 Å². The Hall–Kier alpha value is -0.610. The zero-order chi connectivity index (χ0) is 11.6. The minimum absolute atomic E-state index is 0.106. The molecule has 1 N–H and O–H groups in total. The standard InChI is InChI=1S/C12H21NO3/c1-11(8-16-9-11)7-13-10(14)6-12(15-2)4-3-5-12/h3-9H2,1-2H3,(H,13,14). The average Bonchev–Trinajstić information content (AvgIpc) is 2.18. The fraction of sp³-hybridized carbons (Fsp3) is 0.917. The number of hydrogen-bond donors (Lipinski definition) is 1. The van der Waals surface area contributed by atoms with Crippen molar-refractivity contribution in [2.75, 3.05) is 26.9 Å². The van der Waals surface area contributed by atoms with E-state index in [-0.39, 0.29) is 16.9 Å². The summed E-state index contributed by atoms with van der Waals surface area (Å²) >= 11 is 0. The van der Waals surface area contributed by atoms with Gasteiger partial charge in [0.1, 0.15) is 0 Å². The molecule has 4 heteroatoms. The highest BCUT2D eigenvalue weighted by molar-refractivity contribution is 5.77. The van der Waals surface area contributed by atoms with E-state index in [1.54, 1.807) is 7.11 Å². The molecular weight excluding hydrogens is 206 g/mol. The van der Waals surface area contributed by atoms with Crippen molar-refractivity contribution in [3.05, 3.63) is 0 Å². The normalized spacial score (nSPS) is 25.4. The molecule has 16 heavy (non-hydrogen) atoms. The average molecular weight is 227 g/mol. The third-order valence-corrected chi connectivity index (χ3v) is 3.79. The summed E-state index contributed by atoms with van der Waals surface area (Å²) in [5.74, 6) is 0.106. The minimum Gasteiger partial charge on any atom is -0.380 e. The maximum absolute atomic E-state index is 11.8. The fourth-order valence-corrected chi connectivity index (χ4v) is 2.24. The first-order valence-electron chi connectivity index (χ1n) is 5.97. The van der Waals surface area contributed by atoms with Crippen LogP contribution in [0, 0.1) is 5.41 Å². The van der Waals surface area contributed by atoms with Gasteiger partial charge in [0.05, 0.1) is 25.2 Å². The molecule has 1 saturated carbocycles. The van der Waals surface area contributed by atoms with E-state index in [4.69, 9.17) is 9.47 Å². The van der Waals surface area contributed by atoms with Crippen LogP contribution >= 0.6 is 0 Å². The molecule has 0 bridgehead atoms. The number of methoxy groups -OCH3 is 1. The lowest BCUT2D eigenvalue weighted by molar-refractivity contribution is -0.138. The third-order valence-electron chi connectivity index (χ3n) is 3.79. The van der Waals surface area contributed by atoms with Gasteiger partial charge in [0.15, 0.2) is 0 Å². The topological polar surface area (TPSA) is 47.6 Å². The molecule has 0 aromatic carbocycles. The van der Waals surface area contributed by atoms with E-state index >= 15 is 0 Å². The summed E-state index contributed by atoms with van der Waals surface area (Å²) in [6.07, 6.45) is 3.70. The van der Waals surface area contributed by atoms with Crippen LogP contribution in [0.25, 0.3) is 0 Å². The largest absolute Gasteiger partial charge is 0.380 e. The van der Waals surface area contributed by atoms with Gasteiger partial charge in [0.25, 0.3) is 0 Å². The second-order valence-electron chi connectivity index (χ2n) is 5.50. The Bertz CT molecular complexity index is 264. The van der Waals surface area contributed by atoms with Gasteiger partial charge in [-0.1, -0.05) is 6.92 Å². The molecule has 0 aromatic rings. The van der Waals surface area contributed by atoms with Crippen molar-refractivity contribution in [3.8, 4) is 0 Å². The van der Waals surface area contributed by atoms with E-state index in [9.17, 15) is 4.79 Å². The summed E-state index contributed by atoms with van der Waals surface area (Å²) in [7, 11) is 1.70. The van der Waals surface area contributed by atoms with Crippen LogP contribution in [0.15, 0.2) is 0 Å². The Labute approximate surface area is 96.7 Å². The predicted molar refractivity (Wildman–Crippen MR) is 60.1 cm³/mol. The molecule has 2 fully saturated rings. The smallest absolute Gasteiger partial charge is 0.222 e. The van der Waals surface area contributed by atoms with Gasteiger partial charge in [0.2, 0.25) is 5.91 Å². The number of carbonyl (C=O) groups excluding carboxylic acids is 1. The lowest BCUT2D eigenvalue weighted by Gasteiger charge is -2.41. The molecule has 4 nitrogen and oxygen atoms in total. The summed E-state index contributed by atoms with van der Waals surface area (Å²) in [6.45, 7) is 4.35. The van der Waals surface area contributed by atoms with Crippen LogP contribution in [0.4, 0.5) is 0 Å². The van der Waals surface area contributed by atoms with Gasteiger partial charge in [-0.05, 0) is 19.3 Å². The Morgan fingerprint density at radius 1 is 1.44 bits per heavy atom. The molecule has 1 saturated heterocycles. The molecule has 92 valence electrons. The van der Waals surface area contributed by atoms with Crippen molar-refractivity contribution in [3.63, 3.8) is 0 Å². The number of carbonyl (C=O) groups is 1. The Kier molecular flexibility index (Phi) is 3.22. The van der Waals surface area contributed by atoms with Crippen LogP contribution in [-0.2, 0) is 14.3 Å². The second-order valence-corrected chi connectivity index (χ2v) is 5.50. The van der Waals surface area contributed by atoms with Crippen molar-refractivity contribution < 1.29 is 14.3 Å². The van der Waals surface area contributed by atoms with Crippen molar-refractivity contribution in [1.29, 1.82) is 0 Å². The molecule has 2 aliphatic rings. The number of rotatable bonds is 5. The fourth-order valence-electron chi connectivity index (χ4n) is 2.24. The molecule has 1 aliphatic heterocycles. The minimum atomic E-state index is -0.166. The quantitative estimate of drug-likeness (QED) is 0.765. The summed E-state index contributed by atoms with van der Waals surface area (Å²) in [5.41, 5.74) is -0.0173. The molecular formula is C12H21NO3. The summed E-state index contributed by atoms with van der Waals surface area (Å²) < 4.78 is 10.6. The molecule has 0 aromatic heterocycles. The molecule has 2 rings (SSSR count). The predicted octanol–water partition coefficient (Wildman–Crippen LogP) is 1.10. The first-order valence-corrected chi connectivity index (χ1v) is 5.97. The van der Waals surface area contributed by atoms with E-state index in [0.717, 1.165) is 26.1 Å². The highest BCUT2D eigenvalue weighted by Crippen LogP contribution is 2.37. The first-order chi connectivity index (χ1) is 7.58. The number of ether oxygens (including phenoxy) is 2. The molecule has 1 amide bonds. The van der Waals surface area contributed by atoms with Gasteiger partial charge in [-0.15, -0.1) is 0 Å². The van der Waals surface area contributed by atoms with Crippen molar-refractivity contribution in [2.45, 2.75) is 38.2 Å². The Balaban J connectivity index is 1.71. The van der Waals surface area contributed by atoms with Gasteiger partial charge in [-0.3, -0.25) is 4.79 Å². The number of amides is 1. The monoisotopic (exact) mass is 227 g/mol. The second kappa shape index (κ2) is 4.34. The van der Waals surface area contributed by atoms with Gasteiger partial charge in [-0.2, -0.15) is 0 Å². The van der Waals surface area contributed by atoms with Gasteiger partial charge in [-0.25, -0.2) is 0 Å². The van der Waals surface area contributed by atoms with Crippen LogP contribution < -0.4 is 5.32 Å². The van der Waals surface area contributed by atoms with Crippen LogP contribution in [0.2, 0.25) is 0 Å². The van der Waals surface area contributed by atoms with Gasteiger partial charge in [0, 0.05) is 19.1 Å². The van der Waals surface area contributed by atoms with Crippen LogP contribution in [-0.4, -0.2) is 38.4 Å². The molecule has 0 unspecified atom stereocenters. The van der Waals surface area contributed by atoms with Crippen molar-refractivity contribution in [1.82, 2.24) is 5.32 Å². The first kappa shape index (κ1) is 11.9. The maximum atomic E-state index is 11.8. The molecule has 0 spiro atoms. The van der Waals surface area contributed by atoms with E-state index in [2.05, 4.69) is 12.2 Å². The van der Waals surface area contributed by atoms with E-state index in [1.807, 2.05) is 0 Å². The molecule has 1 aliphatic carbocycles. The molecule has 0 radical (unpaired) electrons. The van der Waals surface area contributed by atoms with Gasteiger partial charge >= 0.3 is 0 Å². The van der Waals surface area contributed by atoms with Crippen LogP contribution in [0.1, 0.15) is 32.6 Å². The zero-order valence-corrected chi connectivity index (χ0v) is 10.2. The number of nitrogens with one attached hydrogen (secondary N) is 1. The Morgan fingerprint density at radius 2 is 2.12 bits per heavy atom. The summed E-state index contributed by atoms with van der Waals surface area (Å²) in [5, 5.41) is 2.98. The van der Waals surface area contributed by atoms with Crippen molar-refractivity contribution in [2.24, 2.45) is 5.41 Å². The van der Waals surface area contributed by atoms with Gasteiger partial charge < -0.3 is 14.8 Å². The van der Waals surface area contributed by atoms with Crippen LogP contribution in [0.3, 0.4) is 0 Å². The highest BCUT2D eigenvalue weighted by Gasteiger charge is 2.40. The Morgan fingerprint density at radius 3 is 2.50 bits per heavy atom. The number of hydrogen-bond acceptors (Lipinski definition) is 3. The summed E-state index contributed by atoms with van der Waals surface area (Å²) in [4.78, 5) is 11.8. The van der Waals surface area contributed by atoms with Crippen molar-refractivity contribution >= 4 is 5.91 Å². The SMILES string of the molecule is COC1(CC(=O)NCC2(C)COC2)CCC1. The molecule has 1 heterocycles. The lowest BCUT2D eigenvalue weighted by Crippen LogP contribution is -2.50.